The summed E-state index contributed by atoms with van der Waals surface area (Å²) < 4.78 is 5.40. The van der Waals surface area contributed by atoms with Gasteiger partial charge in [-0.15, -0.1) is 0 Å². The van der Waals surface area contributed by atoms with Crippen molar-refractivity contribution in [3.8, 4) is 0 Å². The molecule has 1 aromatic carbocycles. The molecule has 1 N–H and O–H groups in total. The van der Waals surface area contributed by atoms with Gasteiger partial charge in [-0.05, 0) is 18.1 Å². The van der Waals surface area contributed by atoms with Crippen LogP contribution in [-0.2, 0) is 16.0 Å². The van der Waals surface area contributed by atoms with E-state index in [1.807, 2.05) is 23.1 Å². The van der Waals surface area contributed by atoms with Gasteiger partial charge in [0.15, 0.2) is 0 Å². The number of fused-ring (bicyclic) bond motifs is 3. The molecule has 2 aliphatic heterocycles. The van der Waals surface area contributed by atoms with Crippen molar-refractivity contribution in [3.05, 3.63) is 30.0 Å². The van der Waals surface area contributed by atoms with Gasteiger partial charge in [0.2, 0.25) is 5.91 Å². The van der Waals surface area contributed by atoms with Crippen molar-refractivity contribution in [1.82, 2.24) is 15.1 Å². The van der Waals surface area contributed by atoms with Crippen LogP contribution >= 0.6 is 0 Å². The second-order valence-corrected chi connectivity index (χ2v) is 5.35. The van der Waals surface area contributed by atoms with Crippen LogP contribution in [0, 0.1) is 0 Å². The van der Waals surface area contributed by atoms with Gasteiger partial charge in [0.05, 0.1) is 43.4 Å². The van der Waals surface area contributed by atoms with Gasteiger partial charge in [-0.2, -0.15) is 5.10 Å². The van der Waals surface area contributed by atoms with Crippen molar-refractivity contribution in [1.29, 1.82) is 0 Å². The van der Waals surface area contributed by atoms with E-state index in [0.717, 1.165) is 22.9 Å². The van der Waals surface area contributed by atoms with Crippen LogP contribution in [0.2, 0.25) is 0 Å². The topological polar surface area (TPSA) is 58.2 Å². The van der Waals surface area contributed by atoms with Crippen LogP contribution in [0.4, 0.5) is 0 Å². The molecule has 2 unspecified atom stereocenters. The highest BCUT2D eigenvalue weighted by Crippen LogP contribution is 2.31. The number of carbonyl (C=O) groups is 1. The number of hydrogen-bond donors (Lipinski definition) is 1. The number of ether oxygens (including phenoxy) is 1. The number of morpholine rings is 1. The Labute approximate surface area is 110 Å². The van der Waals surface area contributed by atoms with E-state index in [0.29, 0.717) is 31.7 Å². The molecule has 1 amide bonds. The largest absolute Gasteiger partial charge is 0.377 e. The van der Waals surface area contributed by atoms with E-state index in [1.165, 1.54) is 0 Å². The first-order valence-electron chi connectivity index (χ1n) is 6.62. The van der Waals surface area contributed by atoms with Gasteiger partial charge in [0.1, 0.15) is 0 Å². The monoisotopic (exact) mass is 257 g/mol. The highest BCUT2D eigenvalue weighted by atomic mass is 16.5. The Morgan fingerprint density at radius 2 is 2.26 bits per heavy atom. The highest BCUT2D eigenvalue weighted by molar-refractivity contribution is 5.83. The van der Waals surface area contributed by atoms with E-state index >= 15 is 0 Å². The average molecular weight is 257 g/mol. The van der Waals surface area contributed by atoms with Gasteiger partial charge >= 0.3 is 0 Å². The van der Waals surface area contributed by atoms with E-state index in [-0.39, 0.29) is 5.91 Å². The third kappa shape index (κ3) is 1.73. The number of nitrogens with one attached hydrogen (secondary N) is 1. The predicted molar refractivity (Wildman–Crippen MR) is 69.7 cm³/mol. The first kappa shape index (κ1) is 11.0. The highest BCUT2D eigenvalue weighted by Gasteiger charge is 2.44. The van der Waals surface area contributed by atoms with Crippen LogP contribution in [0.5, 0.6) is 0 Å². The van der Waals surface area contributed by atoms with E-state index in [4.69, 9.17) is 4.74 Å². The molecule has 2 atom stereocenters. The van der Waals surface area contributed by atoms with E-state index in [2.05, 4.69) is 10.2 Å². The van der Waals surface area contributed by atoms with Gasteiger partial charge in [0.25, 0.3) is 0 Å². The number of carbonyl (C=O) groups excluding carboxylic acids is 1. The molecule has 0 spiro atoms. The van der Waals surface area contributed by atoms with Crippen LogP contribution in [0.25, 0.3) is 10.9 Å². The molecule has 19 heavy (non-hydrogen) atoms. The molecule has 1 aromatic heterocycles. The van der Waals surface area contributed by atoms with Crippen LogP contribution in [0.3, 0.4) is 0 Å². The van der Waals surface area contributed by atoms with Gasteiger partial charge in [0, 0.05) is 5.39 Å². The first-order valence-corrected chi connectivity index (χ1v) is 6.62. The fourth-order valence-corrected chi connectivity index (χ4v) is 3.11. The summed E-state index contributed by atoms with van der Waals surface area (Å²) in [5.41, 5.74) is 2.02. The molecule has 4 rings (SSSR count). The first-order chi connectivity index (χ1) is 9.31. The number of H-pyrrole nitrogens is 1. The van der Waals surface area contributed by atoms with Crippen LogP contribution < -0.4 is 0 Å². The Bertz CT molecular complexity index is 622. The van der Waals surface area contributed by atoms with Crippen molar-refractivity contribution in [2.45, 2.75) is 24.9 Å². The van der Waals surface area contributed by atoms with E-state index < -0.39 is 0 Å². The Kier molecular flexibility index (Phi) is 2.35. The Hall–Kier alpha value is -1.88. The molecule has 0 radical (unpaired) electrons. The van der Waals surface area contributed by atoms with Crippen molar-refractivity contribution in [3.63, 3.8) is 0 Å². The number of amides is 1. The number of aromatic nitrogens is 2. The van der Waals surface area contributed by atoms with Gasteiger partial charge < -0.3 is 9.64 Å². The second kappa shape index (κ2) is 4.06. The molecule has 2 fully saturated rings. The van der Waals surface area contributed by atoms with Crippen molar-refractivity contribution in [2.24, 2.45) is 0 Å². The lowest BCUT2D eigenvalue weighted by molar-refractivity contribution is -0.166. The number of benzene rings is 1. The molecule has 3 heterocycles. The zero-order chi connectivity index (χ0) is 12.8. The minimum atomic E-state index is 0.211. The molecule has 98 valence electrons. The Morgan fingerprint density at radius 3 is 3.05 bits per heavy atom. The summed E-state index contributed by atoms with van der Waals surface area (Å²) in [6.45, 7) is 1.39. The summed E-state index contributed by atoms with van der Waals surface area (Å²) in [5.74, 6) is 0.211. The Balaban J connectivity index is 1.52. The fraction of sp³-hybridized carbons (Fsp3) is 0.429. The zero-order valence-corrected chi connectivity index (χ0v) is 10.5. The van der Waals surface area contributed by atoms with Gasteiger partial charge in [-0.25, -0.2) is 0 Å². The quantitative estimate of drug-likeness (QED) is 0.876. The normalized spacial score (nSPS) is 25.4. The van der Waals surface area contributed by atoms with Crippen LogP contribution in [-0.4, -0.2) is 46.3 Å². The molecular weight excluding hydrogens is 242 g/mol. The summed E-state index contributed by atoms with van der Waals surface area (Å²) in [6.07, 6.45) is 3.35. The maximum absolute atomic E-state index is 12.3. The molecular formula is C14H15N3O2. The third-order valence-corrected chi connectivity index (χ3v) is 4.10. The lowest BCUT2D eigenvalue weighted by atomic mass is 9.90. The molecule has 2 aromatic rings. The molecule has 5 nitrogen and oxygen atoms in total. The van der Waals surface area contributed by atoms with Crippen LogP contribution in [0.15, 0.2) is 24.4 Å². The summed E-state index contributed by atoms with van der Waals surface area (Å²) in [4.78, 5) is 14.3. The SMILES string of the molecule is O=C(Cc1ccc2cn[nH]c2c1)N1C2COCC1C2. The number of rotatable bonds is 2. The zero-order valence-electron chi connectivity index (χ0n) is 10.5. The van der Waals surface area contributed by atoms with Crippen LogP contribution in [0.1, 0.15) is 12.0 Å². The van der Waals surface area contributed by atoms with Gasteiger partial charge in [-0.3, -0.25) is 9.89 Å². The van der Waals surface area contributed by atoms with Crippen molar-refractivity contribution in [2.75, 3.05) is 13.2 Å². The Morgan fingerprint density at radius 1 is 1.42 bits per heavy atom. The molecule has 0 aliphatic carbocycles. The van der Waals surface area contributed by atoms with E-state index in [9.17, 15) is 4.79 Å². The fourth-order valence-electron chi connectivity index (χ4n) is 3.11. The summed E-state index contributed by atoms with van der Waals surface area (Å²) in [5, 5.41) is 8.00. The average Bonchev–Trinajstić information content (AvgIpc) is 2.86. The lowest BCUT2D eigenvalue weighted by Crippen LogP contribution is -2.65. The third-order valence-electron chi connectivity index (χ3n) is 4.10. The number of nitrogens with zero attached hydrogens (tertiary/aromatic N) is 2. The standard InChI is InChI=1S/C14H15N3O2/c18-14(17-11-5-12(17)8-19-7-11)4-9-1-2-10-6-15-16-13(10)3-9/h1-3,6,11-12H,4-5,7-8H2,(H,15,16). The minimum absolute atomic E-state index is 0.211. The number of aromatic amines is 1. The van der Waals surface area contributed by atoms with E-state index in [1.54, 1.807) is 6.20 Å². The smallest absolute Gasteiger partial charge is 0.227 e. The van der Waals surface area contributed by atoms with Gasteiger partial charge in [-0.1, -0.05) is 12.1 Å². The van der Waals surface area contributed by atoms with Crippen molar-refractivity contribution >= 4 is 16.8 Å². The lowest BCUT2D eigenvalue weighted by Gasteiger charge is -2.52. The molecule has 2 bridgehead atoms. The minimum Gasteiger partial charge on any atom is -0.377 e. The molecule has 5 heteroatoms. The summed E-state index contributed by atoms with van der Waals surface area (Å²) in [6, 6.07) is 6.62. The number of hydrogen-bond acceptors (Lipinski definition) is 3. The molecule has 2 saturated heterocycles. The maximum Gasteiger partial charge on any atom is 0.227 e. The van der Waals surface area contributed by atoms with Crippen molar-refractivity contribution < 1.29 is 9.53 Å². The second-order valence-electron chi connectivity index (χ2n) is 5.35. The predicted octanol–water partition coefficient (Wildman–Crippen LogP) is 1.11. The molecule has 0 saturated carbocycles. The molecule has 2 aliphatic rings. The maximum atomic E-state index is 12.3. The summed E-state index contributed by atoms with van der Waals surface area (Å²) >= 11 is 0. The summed E-state index contributed by atoms with van der Waals surface area (Å²) in [7, 11) is 0.